The molecule has 180 valence electrons. The third-order valence-electron chi connectivity index (χ3n) is 5.58. The van der Waals surface area contributed by atoms with Crippen molar-refractivity contribution >= 4 is 40.8 Å². The number of likely N-dealkylation sites (tertiary alicyclic amines) is 1. The van der Waals surface area contributed by atoms with Gasteiger partial charge in [-0.2, -0.15) is 9.78 Å². The predicted octanol–water partition coefficient (Wildman–Crippen LogP) is 6.01. The van der Waals surface area contributed by atoms with E-state index >= 15 is 0 Å². The summed E-state index contributed by atoms with van der Waals surface area (Å²) in [5, 5.41) is 8.06. The third kappa shape index (κ3) is 5.98. The molecule has 0 radical (unpaired) electrons. The van der Waals surface area contributed by atoms with Crippen molar-refractivity contribution < 1.29 is 14.3 Å². The number of piperidine rings is 1. The van der Waals surface area contributed by atoms with Gasteiger partial charge in [0.2, 0.25) is 0 Å². The van der Waals surface area contributed by atoms with Gasteiger partial charge >= 0.3 is 6.09 Å². The monoisotopic (exact) mass is 500 g/mol. The van der Waals surface area contributed by atoms with Crippen molar-refractivity contribution in [2.45, 2.75) is 51.7 Å². The molecule has 7 nitrogen and oxygen atoms in total. The average Bonchev–Trinajstić information content (AvgIpc) is 3.43. The molecule has 1 aromatic carbocycles. The summed E-state index contributed by atoms with van der Waals surface area (Å²) in [6, 6.07) is 14.9. The molecule has 3 heterocycles. The molecule has 0 saturated carbocycles. The number of carbonyl (C=O) groups excluding carboxylic acids is 2. The van der Waals surface area contributed by atoms with Crippen LogP contribution in [0.2, 0.25) is 4.34 Å². The minimum absolute atomic E-state index is 0.153. The molecule has 1 aliphatic rings. The van der Waals surface area contributed by atoms with Crippen LogP contribution in [-0.2, 0) is 11.3 Å². The van der Waals surface area contributed by atoms with Crippen LogP contribution < -0.4 is 5.32 Å². The molecule has 1 N–H and O–H groups in total. The highest BCUT2D eigenvalue weighted by atomic mass is 35.5. The first kappa shape index (κ1) is 24.3. The van der Waals surface area contributed by atoms with Crippen LogP contribution in [0.25, 0.3) is 0 Å². The van der Waals surface area contributed by atoms with Crippen LogP contribution in [-0.4, -0.2) is 45.4 Å². The van der Waals surface area contributed by atoms with E-state index in [-0.39, 0.29) is 17.9 Å². The zero-order valence-corrected chi connectivity index (χ0v) is 21.2. The average molecular weight is 501 g/mol. The zero-order chi connectivity index (χ0) is 24.3. The number of hydrogen-bond acceptors (Lipinski definition) is 6. The normalized spacial score (nSPS) is 14.8. The lowest BCUT2D eigenvalue weighted by Crippen LogP contribution is -2.41. The van der Waals surface area contributed by atoms with Crippen molar-refractivity contribution in [3.05, 3.63) is 69.0 Å². The largest absolute Gasteiger partial charge is 0.444 e. The van der Waals surface area contributed by atoms with E-state index in [0.29, 0.717) is 31.0 Å². The van der Waals surface area contributed by atoms with Crippen LogP contribution >= 0.6 is 22.9 Å². The number of nitrogens with zero attached hydrogens (tertiary/aromatic N) is 3. The number of benzene rings is 1. The van der Waals surface area contributed by atoms with E-state index in [4.69, 9.17) is 21.4 Å². The van der Waals surface area contributed by atoms with Gasteiger partial charge in [-0.1, -0.05) is 29.8 Å². The molecule has 0 atom stereocenters. The third-order valence-corrected chi connectivity index (χ3v) is 6.81. The van der Waals surface area contributed by atoms with Crippen molar-refractivity contribution in [3.63, 3.8) is 0 Å². The van der Waals surface area contributed by atoms with Gasteiger partial charge in [0.15, 0.2) is 0 Å². The van der Waals surface area contributed by atoms with Crippen LogP contribution in [0.4, 0.5) is 10.6 Å². The lowest BCUT2D eigenvalue weighted by Gasteiger charge is -2.32. The van der Waals surface area contributed by atoms with Crippen LogP contribution in [0.3, 0.4) is 0 Å². The van der Waals surface area contributed by atoms with Crippen molar-refractivity contribution in [2.75, 3.05) is 18.4 Å². The van der Waals surface area contributed by atoms with E-state index in [1.54, 1.807) is 17.0 Å². The Balaban J connectivity index is 1.51. The molecule has 0 bridgehead atoms. The second kappa shape index (κ2) is 10.2. The standard InChI is InChI=1S/C25H29ClN4O3S/c1-25(2,3)33-24(32)29-13-11-17(12-14-29)20-15-22(27-16-19-9-10-21(26)34-19)30(28-20)23(31)18-7-5-4-6-8-18/h4-10,15,17,27H,11-14,16H2,1-3H3. The van der Waals surface area contributed by atoms with Gasteiger partial charge in [0.1, 0.15) is 11.4 Å². The van der Waals surface area contributed by atoms with Gasteiger partial charge in [-0.25, -0.2) is 4.79 Å². The summed E-state index contributed by atoms with van der Waals surface area (Å²) < 4.78 is 7.67. The number of ether oxygens (including phenoxy) is 1. The van der Waals surface area contributed by atoms with Gasteiger partial charge in [0.05, 0.1) is 16.6 Å². The minimum atomic E-state index is -0.516. The second-order valence-corrected chi connectivity index (χ2v) is 11.1. The number of halogens is 1. The molecular weight excluding hydrogens is 472 g/mol. The first-order chi connectivity index (χ1) is 16.2. The number of rotatable bonds is 5. The van der Waals surface area contributed by atoms with Crippen molar-refractivity contribution in [2.24, 2.45) is 0 Å². The Kier molecular flexibility index (Phi) is 7.28. The molecule has 0 unspecified atom stereocenters. The Hall–Kier alpha value is -2.84. The summed E-state index contributed by atoms with van der Waals surface area (Å²) in [6.07, 6.45) is 1.23. The van der Waals surface area contributed by atoms with Crippen molar-refractivity contribution in [1.29, 1.82) is 0 Å². The summed E-state index contributed by atoms with van der Waals surface area (Å²) in [5.41, 5.74) is 0.900. The molecule has 1 aliphatic heterocycles. The van der Waals surface area contributed by atoms with Crippen molar-refractivity contribution in [3.8, 4) is 0 Å². The Bertz CT molecular complexity index is 1140. The van der Waals surface area contributed by atoms with E-state index < -0.39 is 5.60 Å². The van der Waals surface area contributed by atoms with Gasteiger partial charge < -0.3 is 15.0 Å². The summed E-state index contributed by atoms with van der Waals surface area (Å²) in [6.45, 7) is 7.33. The van der Waals surface area contributed by atoms with Crippen LogP contribution in [0.5, 0.6) is 0 Å². The number of hydrogen-bond donors (Lipinski definition) is 1. The number of anilines is 1. The summed E-state index contributed by atoms with van der Waals surface area (Å²) in [5.74, 6) is 0.605. The van der Waals surface area contributed by atoms with E-state index in [1.165, 1.54) is 16.0 Å². The Morgan fingerprint density at radius 2 is 1.85 bits per heavy atom. The Labute approximate surface area is 208 Å². The maximum atomic E-state index is 13.2. The van der Waals surface area contributed by atoms with Gasteiger partial charge in [-0.3, -0.25) is 4.79 Å². The maximum Gasteiger partial charge on any atom is 0.410 e. The number of carbonyl (C=O) groups is 2. The number of amides is 1. The molecule has 0 aliphatic carbocycles. The summed E-state index contributed by atoms with van der Waals surface area (Å²) >= 11 is 7.56. The molecule has 4 rings (SSSR count). The molecule has 0 spiro atoms. The highest BCUT2D eigenvalue weighted by Crippen LogP contribution is 2.30. The fraction of sp³-hybridized carbons (Fsp3) is 0.400. The molecule has 34 heavy (non-hydrogen) atoms. The molecule has 2 aromatic heterocycles. The smallest absolute Gasteiger partial charge is 0.410 e. The fourth-order valence-corrected chi connectivity index (χ4v) is 4.92. The zero-order valence-electron chi connectivity index (χ0n) is 19.6. The Morgan fingerprint density at radius 1 is 1.15 bits per heavy atom. The maximum absolute atomic E-state index is 13.2. The Morgan fingerprint density at radius 3 is 2.47 bits per heavy atom. The molecule has 1 amide bonds. The molecule has 3 aromatic rings. The van der Waals surface area contributed by atoms with Gasteiger partial charge in [0, 0.05) is 35.5 Å². The number of nitrogens with one attached hydrogen (secondary N) is 1. The second-order valence-electron chi connectivity index (χ2n) is 9.34. The molecule has 1 fully saturated rings. The van der Waals surface area contributed by atoms with Crippen LogP contribution in [0.15, 0.2) is 48.5 Å². The highest BCUT2D eigenvalue weighted by molar-refractivity contribution is 7.16. The summed E-state index contributed by atoms with van der Waals surface area (Å²) in [4.78, 5) is 28.4. The van der Waals surface area contributed by atoms with Crippen LogP contribution in [0.1, 0.15) is 60.5 Å². The SMILES string of the molecule is CC(C)(C)OC(=O)N1CCC(c2cc(NCc3ccc(Cl)s3)n(C(=O)c3ccccc3)n2)CC1. The van der Waals surface area contributed by atoms with Crippen molar-refractivity contribution in [1.82, 2.24) is 14.7 Å². The van der Waals surface area contributed by atoms with E-state index in [2.05, 4.69) is 5.32 Å². The van der Waals surface area contributed by atoms with E-state index in [9.17, 15) is 9.59 Å². The lowest BCUT2D eigenvalue weighted by molar-refractivity contribution is 0.0204. The first-order valence-electron chi connectivity index (χ1n) is 11.4. The molecular formula is C25H29ClN4O3S. The summed E-state index contributed by atoms with van der Waals surface area (Å²) in [7, 11) is 0. The topological polar surface area (TPSA) is 76.5 Å². The lowest BCUT2D eigenvalue weighted by atomic mass is 9.94. The molecule has 9 heteroatoms. The minimum Gasteiger partial charge on any atom is -0.444 e. The van der Waals surface area contributed by atoms with Gasteiger partial charge in [0.25, 0.3) is 5.91 Å². The highest BCUT2D eigenvalue weighted by Gasteiger charge is 2.29. The quantitative estimate of drug-likeness (QED) is 0.464. The van der Waals surface area contributed by atoms with Gasteiger partial charge in [-0.15, -0.1) is 11.3 Å². The van der Waals surface area contributed by atoms with E-state index in [0.717, 1.165) is 27.7 Å². The van der Waals surface area contributed by atoms with Crippen LogP contribution in [0, 0.1) is 0 Å². The molecule has 1 saturated heterocycles. The predicted molar refractivity (Wildman–Crippen MR) is 135 cm³/mol. The number of aromatic nitrogens is 2. The number of thiophene rings is 1. The van der Waals surface area contributed by atoms with Gasteiger partial charge in [-0.05, 0) is 57.9 Å². The van der Waals surface area contributed by atoms with E-state index in [1.807, 2.05) is 57.2 Å². The fourth-order valence-electron chi connectivity index (χ4n) is 3.89. The first-order valence-corrected chi connectivity index (χ1v) is 12.5.